The van der Waals surface area contributed by atoms with Crippen LogP contribution in [0.2, 0.25) is 5.02 Å². The highest BCUT2D eigenvalue weighted by molar-refractivity contribution is 6.30. The fourth-order valence-electron chi connectivity index (χ4n) is 2.35. The van der Waals surface area contributed by atoms with Gasteiger partial charge in [-0.1, -0.05) is 28.9 Å². The van der Waals surface area contributed by atoms with E-state index < -0.39 is 24.2 Å². The summed E-state index contributed by atoms with van der Waals surface area (Å²) in [5.41, 5.74) is -0.143. The number of alkyl halides is 5. The van der Waals surface area contributed by atoms with Gasteiger partial charge in [0.25, 0.3) is 5.91 Å². The average molecular weight is 405 g/mol. The molecule has 1 aromatic heterocycles. The zero-order valence-corrected chi connectivity index (χ0v) is 14.0. The molecule has 11 heteroatoms. The van der Waals surface area contributed by atoms with E-state index in [-0.39, 0.29) is 21.6 Å². The van der Waals surface area contributed by atoms with Crippen LogP contribution in [0, 0.1) is 0 Å². The van der Waals surface area contributed by atoms with Crippen molar-refractivity contribution in [2.75, 3.05) is 0 Å². The molecule has 142 valence electrons. The molecule has 0 spiro atoms. The van der Waals surface area contributed by atoms with E-state index in [4.69, 9.17) is 11.6 Å². The molecule has 1 N–H and O–H groups in total. The topological polar surface area (TPSA) is 59.8 Å². The van der Waals surface area contributed by atoms with Crippen LogP contribution in [0.4, 0.5) is 22.0 Å². The maximum absolute atomic E-state index is 14.2. The van der Waals surface area contributed by atoms with Gasteiger partial charge in [0.05, 0.1) is 5.52 Å². The minimum atomic E-state index is -5.93. The molecule has 0 saturated carbocycles. The van der Waals surface area contributed by atoms with E-state index in [1.165, 1.54) is 48.5 Å². The molecule has 0 fully saturated rings. The van der Waals surface area contributed by atoms with Crippen molar-refractivity contribution in [2.45, 2.75) is 18.3 Å². The molecule has 3 rings (SSSR count). The third kappa shape index (κ3) is 3.57. The summed E-state index contributed by atoms with van der Waals surface area (Å²) in [4.78, 5) is 12.3. The summed E-state index contributed by atoms with van der Waals surface area (Å²) in [6, 6.07) is 10.6. The maximum Gasteiger partial charge on any atom is 0.457 e. The zero-order valence-electron chi connectivity index (χ0n) is 13.2. The van der Waals surface area contributed by atoms with Crippen LogP contribution in [0.1, 0.15) is 16.5 Å². The molecular weight excluding hydrogens is 395 g/mol. The van der Waals surface area contributed by atoms with Crippen LogP contribution in [-0.2, 0) is 0 Å². The third-order valence-electron chi connectivity index (χ3n) is 3.72. The molecule has 3 aromatic rings. The fraction of sp³-hybridized carbons (Fsp3) is 0.188. The highest BCUT2D eigenvalue weighted by atomic mass is 35.5. The number of nitrogens with one attached hydrogen (secondary N) is 1. The predicted molar refractivity (Wildman–Crippen MR) is 86.5 cm³/mol. The lowest BCUT2D eigenvalue weighted by atomic mass is 10.1. The van der Waals surface area contributed by atoms with Crippen molar-refractivity contribution < 1.29 is 26.7 Å². The van der Waals surface area contributed by atoms with Crippen molar-refractivity contribution in [3.05, 3.63) is 59.1 Å². The standard InChI is InChI=1S/C16H10ClF5N4O/c17-10-7-5-9(6-8-10)13(27)23-14(15(18,19)16(20,21)22)26-12-4-2-1-3-11(12)24-25-26/h1-8,14H,(H,23,27). The molecule has 0 radical (unpaired) electrons. The Hall–Kier alpha value is -2.75. The van der Waals surface area contributed by atoms with Crippen molar-refractivity contribution in [3.8, 4) is 0 Å². The summed E-state index contributed by atoms with van der Waals surface area (Å²) in [5.74, 6) is -6.47. The normalized spacial score (nSPS) is 13.6. The van der Waals surface area contributed by atoms with Crippen LogP contribution in [0.5, 0.6) is 0 Å². The number of hydrogen-bond donors (Lipinski definition) is 1. The summed E-state index contributed by atoms with van der Waals surface area (Å²) < 4.78 is 67.7. The Morgan fingerprint density at radius 3 is 2.30 bits per heavy atom. The number of nitrogens with zero attached hydrogens (tertiary/aromatic N) is 3. The molecule has 0 bridgehead atoms. The van der Waals surface area contributed by atoms with E-state index in [2.05, 4.69) is 10.3 Å². The molecule has 0 saturated heterocycles. The molecule has 0 aliphatic rings. The van der Waals surface area contributed by atoms with Gasteiger partial charge in [0.1, 0.15) is 5.52 Å². The van der Waals surface area contributed by atoms with E-state index in [0.717, 1.165) is 0 Å². The van der Waals surface area contributed by atoms with Gasteiger partial charge in [-0.05, 0) is 36.4 Å². The predicted octanol–water partition coefficient (Wildman–Crippen LogP) is 4.21. The monoisotopic (exact) mass is 404 g/mol. The first-order chi connectivity index (χ1) is 12.6. The quantitative estimate of drug-likeness (QED) is 0.663. The lowest BCUT2D eigenvalue weighted by Crippen LogP contribution is -2.52. The molecule has 1 heterocycles. The summed E-state index contributed by atoms with van der Waals surface area (Å²) in [6.45, 7) is 0. The average Bonchev–Trinajstić information content (AvgIpc) is 3.02. The molecule has 5 nitrogen and oxygen atoms in total. The summed E-state index contributed by atoms with van der Waals surface area (Å²) in [5, 5.41) is 8.93. The number of para-hydroxylation sites is 1. The maximum atomic E-state index is 14.2. The summed E-state index contributed by atoms with van der Waals surface area (Å²) >= 11 is 5.68. The van der Waals surface area contributed by atoms with Gasteiger partial charge in [-0.2, -0.15) is 22.0 Å². The second-order valence-corrected chi connectivity index (χ2v) is 5.96. The number of aromatic nitrogens is 3. The lowest BCUT2D eigenvalue weighted by Gasteiger charge is -2.29. The Bertz CT molecular complexity index is 971. The first kappa shape index (κ1) is 19.0. The number of benzene rings is 2. The van der Waals surface area contributed by atoms with E-state index in [0.29, 0.717) is 4.68 Å². The van der Waals surface area contributed by atoms with Gasteiger partial charge in [-0.15, -0.1) is 5.10 Å². The minimum Gasteiger partial charge on any atom is -0.325 e. The van der Waals surface area contributed by atoms with Crippen LogP contribution in [0.25, 0.3) is 11.0 Å². The number of carbonyl (C=O) groups excluding carboxylic acids is 1. The molecule has 0 aliphatic carbocycles. The molecule has 2 aromatic carbocycles. The van der Waals surface area contributed by atoms with Gasteiger partial charge in [0.2, 0.25) is 0 Å². The van der Waals surface area contributed by atoms with E-state index >= 15 is 0 Å². The van der Waals surface area contributed by atoms with Crippen molar-refractivity contribution in [1.82, 2.24) is 20.3 Å². The minimum absolute atomic E-state index is 0.0946. The fourth-order valence-corrected chi connectivity index (χ4v) is 2.47. The second-order valence-electron chi connectivity index (χ2n) is 5.53. The SMILES string of the molecule is O=C(NC(n1nnc2ccccc21)C(F)(F)C(F)(F)F)c1ccc(Cl)cc1. The molecule has 1 atom stereocenters. The van der Waals surface area contributed by atoms with Crippen LogP contribution < -0.4 is 5.32 Å². The number of halogens is 6. The van der Waals surface area contributed by atoms with Gasteiger partial charge < -0.3 is 5.32 Å². The van der Waals surface area contributed by atoms with E-state index in [1.807, 2.05) is 0 Å². The molecule has 1 amide bonds. The van der Waals surface area contributed by atoms with Crippen LogP contribution in [0.15, 0.2) is 48.5 Å². The second kappa shape index (κ2) is 6.76. The Morgan fingerprint density at radius 2 is 1.67 bits per heavy atom. The number of carbonyl (C=O) groups is 1. The lowest BCUT2D eigenvalue weighted by molar-refractivity contribution is -0.301. The summed E-state index contributed by atoms with van der Waals surface area (Å²) in [7, 11) is 0. The van der Waals surface area contributed by atoms with Crippen LogP contribution >= 0.6 is 11.6 Å². The van der Waals surface area contributed by atoms with Crippen molar-refractivity contribution in [3.63, 3.8) is 0 Å². The van der Waals surface area contributed by atoms with E-state index in [1.54, 1.807) is 5.32 Å². The van der Waals surface area contributed by atoms with Crippen LogP contribution in [0.3, 0.4) is 0 Å². The van der Waals surface area contributed by atoms with Crippen molar-refractivity contribution >= 4 is 28.5 Å². The van der Waals surface area contributed by atoms with Crippen LogP contribution in [-0.4, -0.2) is 33.0 Å². The molecule has 27 heavy (non-hydrogen) atoms. The van der Waals surface area contributed by atoms with Gasteiger partial charge in [-0.25, -0.2) is 4.68 Å². The first-order valence-electron chi connectivity index (χ1n) is 7.42. The largest absolute Gasteiger partial charge is 0.457 e. The number of fused-ring (bicyclic) bond motifs is 1. The van der Waals surface area contributed by atoms with Gasteiger partial charge in [-0.3, -0.25) is 4.79 Å². The number of rotatable bonds is 4. The Morgan fingerprint density at radius 1 is 1.04 bits per heavy atom. The van der Waals surface area contributed by atoms with Crippen molar-refractivity contribution in [2.24, 2.45) is 0 Å². The molecule has 0 aliphatic heterocycles. The Labute approximate surface area is 153 Å². The Kier molecular flexibility index (Phi) is 4.77. The third-order valence-corrected chi connectivity index (χ3v) is 3.97. The molecule has 1 unspecified atom stereocenters. The van der Waals surface area contributed by atoms with Crippen molar-refractivity contribution in [1.29, 1.82) is 0 Å². The highest BCUT2D eigenvalue weighted by Gasteiger charge is 2.64. The van der Waals surface area contributed by atoms with Gasteiger partial charge >= 0.3 is 12.1 Å². The number of amides is 1. The zero-order chi connectivity index (χ0) is 19.8. The number of hydrogen-bond acceptors (Lipinski definition) is 3. The smallest absolute Gasteiger partial charge is 0.325 e. The first-order valence-corrected chi connectivity index (χ1v) is 7.80. The Balaban J connectivity index is 2.05. The van der Waals surface area contributed by atoms with Gasteiger partial charge in [0, 0.05) is 10.6 Å². The van der Waals surface area contributed by atoms with Gasteiger partial charge in [0.15, 0.2) is 6.17 Å². The molecular formula is C16H10ClF5N4O. The highest BCUT2D eigenvalue weighted by Crippen LogP contribution is 2.43. The summed E-state index contributed by atoms with van der Waals surface area (Å²) in [6.07, 6.45) is -8.77. The van der Waals surface area contributed by atoms with E-state index in [9.17, 15) is 26.7 Å².